The zero-order valence-corrected chi connectivity index (χ0v) is 13.1. The molecule has 0 bridgehead atoms. The lowest BCUT2D eigenvalue weighted by Crippen LogP contribution is -2.35. The molecule has 4 nitrogen and oxygen atoms in total. The van der Waals surface area contributed by atoms with E-state index in [1.165, 1.54) is 0 Å². The second-order valence-electron chi connectivity index (χ2n) is 5.14. The van der Waals surface area contributed by atoms with Crippen molar-refractivity contribution in [2.75, 3.05) is 7.11 Å². The first-order valence-electron chi connectivity index (χ1n) is 7.22. The smallest absolute Gasteiger partial charge is 0.261 e. The van der Waals surface area contributed by atoms with E-state index < -0.39 is 6.10 Å². The molecule has 0 radical (unpaired) electrons. The molecular formula is C18H21NO3. The van der Waals surface area contributed by atoms with E-state index in [2.05, 4.69) is 5.32 Å². The minimum atomic E-state index is -0.541. The number of benzene rings is 2. The van der Waals surface area contributed by atoms with Gasteiger partial charge in [0.1, 0.15) is 11.5 Å². The lowest BCUT2D eigenvalue weighted by Gasteiger charge is -2.15. The van der Waals surface area contributed by atoms with Crippen LogP contribution in [0.2, 0.25) is 0 Å². The molecule has 0 aliphatic carbocycles. The molecule has 22 heavy (non-hydrogen) atoms. The summed E-state index contributed by atoms with van der Waals surface area (Å²) in [6.07, 6.45) is -0.541. The summed E-state index contributed by atoms with van der Waals surface area (Å²) >= 11 is 0. The maximum atomic E-state index is 12.0. The Balaban J connectivity index is 1.84. The third-order valence-electron chi connectivity index (χ3n) is 3.33. The summed E-state index contributed by atoms with van der Waals surface area (Å²) in [6, 6.07) is 15.2. The highest BCUT2D eigenvalue weighted by molar-refractivity contribution is 5.80. The topological polar surface area (TPSA) is 47.6 Å². The molecule has 2 aromatic rings. The summed E-state index contributed by atoms with van der Waals surface area (Å²) in [7, 11) is 1.63. The van der Waals surface area contributed by atoms with Crippen LogP contribution in [-0.2, 0) is 11.3 Å². The Morgan fingerprint density at radius 2 is 1.64 bits per heavy atom. The predicted molar refractivity (Wildman–Crippen MR) is 86.1 cm³/mol. The van der Waals surface area contributed by atoms with Crippen LogP contribution in [0, 0.1) is 6.92 Å². The van der Waals surface area contributed by atoms with Crippen LogP contribution < -0.4 is 14.8 Å². The van der Waals surface area contributed by atoms with Crippen molar-refractivity contribution in [3.8, 4) is 11.5 Å². The van der Waals surface area contributed by atoms with Crippen molar-refractivity contribution < 1.29 is 14.3 Å². The number of nitrogens with one attached hydrogen (secondary N) is 1. The van der Waals surface area contributed by atoms with Crippen molar-refractivity contribution in [1.29, 1.82) is 0 Å². The summed E-state index contributed by atoms with van der Waals surface area (Å²) in [4.78, 5) is 12.0. The molecule has 116 valence electrons. The van der Waals surface area contributed by atoms with Crippen molar-refractivity contribution in [1.82, 2.24) is 5.32 Å². The van der Waals surface area contributed by atoms with E-state index in [1.807, 2.05) is 55.5 Å². The van der Waals surface area contributed by atoms with E-state index in [9.17, 15) is 4.79 Å². The molecule has 0 spiro atoms. The van der Waals surface area contributed by atoms with Gasteiger partial charge in [0, 0.05) is 6.54 Å². The second kappa shape index (κ2) is 7.50. The lowest BCUT2D eigenvalue weighted by molar-refractivity contribution is -0.127. The average Bonchev–Trinajstić information content (AvgIpc) is 2.55. The first kappa shape index (κ1) is 15.9. The number of ether oxygens (including phenoxy) is 2. The van der Waals surface area contributed by atoms with Gasteiger partial charge in [-0.25, -0.2) is 0 Å². The van der Waals surface area contributed by atoms with Gasteiger partial charge in [0.05, 0.1) is 7.11 Å². The molecule has 0 aliphatic heterocycles. The molecule has 0 fully saturated rings. The molecule has 0 heterocycles. The van der Waals surface area contributed by atoms with Crippen LogP contribution in [0.5, 0.6) is 11.5 Å². The van der Waals surface area contributed by atoms with Gasteiger partial charge in [0.15, 0.2) is 6.10 Å². The largest absolute Gasteiger partial charge is 0.497 e. The fourth-order valence-corrected chi connectivity index (χ4v) is 1.95. The molecule has 1 atom stereocenters. The number of aryl methyl sites for hydroxylation is 1. The van der Waals surface area contributed by atoms with E-state index in [4.69, 9.17) is 9.47 Å². The molecule has 0 saturated heterocycles. The molecule has 0 aromatic heterocycles. The second-order valence-corrected chi connectivity index (χ2v) is 5.14. The van der Waals surface area contributed by atoms with Gasteiger partial charge in [0.25, 0.3) is 5.91 Å². The van der Waals surface area contributed by atoms with Crippen LogP contribution >= 0.6 is 0 Å². The lowest BCUT2D eigenvalue weighted by atomic mass is 10.2. The molecule has 2 rings (SSSR count). The van der Waals surface area contributed by atoms with Crippen molar-refractivity contribution in [2.24, 2.45) is 0 Å². The first-order chi connectivity index (χ1) is 10.6. The third kappa shape index (κ3) is 4.52. The molecule has 2 aromatic carbocycles. The fraction of sp³-hybridized carbons (Fsp3) is 0.278. The highest BCUT2D eigenvalue weighted by atomic mass is 16.5. The predicted octanol–water partition coefficient (Wildman–Crippen LogP) is 3.09. The van der Waals surface area contributed by atoms with Gasteiger partial charge >= 0.3 is 0 Å². The highest BCUT2D eigenvalue weighted by Crippen LogP contribution is 2.14. The van der Waals surface area contributed by atoms with Crippen LogP contribution in [-0.4, -0.2) is 19.1 Å². The Hall–Kier alpha value is -2.49. The first-order valence-corrected chi connectivity index (χ1v) is 7.22. The number of methoxy groups -OCH3 is 1. The molecule has 0 saturated carbocycles. The highest BCUT2D eigenvalue weighted by Gasteiger charge is 2.14. The van der Waals surface area contributed by atoms with Crippen LogP contribution in [0.1, 0.15) is 18.1 Å². The van der Waals surface area contributed by atoms with Gasteiger partial charge in [-0.3, -0.25) is 4.79 Å². The van der Waals surface area contributed by atoms with Crippen molar-refractivity contribution in [3.63, 3.8) is 0 Å². The molecule has 0 unspecified atom stereocenters. The van der Waals surface area contributed by atoms with E-state index >= 15 is 0 Å². The normalized spacial score (nSPS) is 11.6. The Labute approximate surface area is 131 Å². The average molecular weight is 299 g/mol. The fourth-order valence-electron chi connectivity index (χ4n) is 1.95. The zero-order valence-electron chi connectivity index (χ0n) is 13.1. The van der Waals surface area contributed by atoms with Gasteiger partial charge in [-0.1, -0.05) is 29.8 Å². The van der Waals surface area contributed by atoms with Gasteiger partial charge in [0.2, 0.25) is 0 Å². The Kier molecular flexibility index (Phi) is 5.42. The summed E-state index contributed by atoms with van der Waals surface area (Å²) in [5.74, 6) is 1.35. The summed E-state index contributed by atoms with van der Waals surface area (Å²) < 4.78 is 10.7. The summed E-state index contributed by atoms with van der Waals surface area (Å²) in [6.45, 7) is 4.21. The minimum Gasteiger partial charge on any atom is -0.497 e. The standard InChI is InChI=1S/C18H21NO3/c1-13-4-8-17(9-5-13)22-14(2)18(20)19-12-15-6-10-16(21-3)11-7-15/h4-11,14H,12H2,1-3H3,(H,19,20)/t14-/m1/s1. The van der Waals surface area contributed by atoms with E-state index in [-0.39, 0.29) is 5.91 Å². The van der Waals surface area contributed by atoms with Crippen molar-refractivity contribution in [2.45, 2.75) is 26.5 Å². The van der Waals surface area contributed by atoms with Gasteiger partial charge in [-0.2, -0.15) is 0 Å². The van der Waals surface area contributed by atoms with Crippen molar-refractivity contribution >= 4 is 5.91 Å². The van der Waals surface area contributed by atoms with Crippen molar-refractivity contribution in [3.05, 3.63) is 59.7 Å². The van der Waals surface area contributed by atoms with E-state index in [0.717, 1.165) is 16.9 Å². The van der Waals surface area contributed by atoms with Gasteiger partial charge in [-0.05, 0) is 43.7 Å². The molecule has 4 heteroatoms. The number of rotatable bonds is 6. The van der Waals surface area contributed by atoms with Gasteiger partial charge in [-0.15, -0.1) is 0 Å². The molecule has 1 N–H and O–H groups in total. The maximum absolute atomic E-state index is 12.0. The maximum Gasteiger partial charge on any atom is 0.261 e. The Morgan fingerprint density at radius 1 is 1.05 bits per heavy atom. The molecule has 0 aliphatic rings. The van der Waals surface area contributed by atoms with Crippen LogP contribution in [0.3, 0.4) is 0 Å². The molecular weight excluding hydrogens is 278 g/mol. The SMILES string of the molecule is COc1ccc(CNC(=O)[C@@H](C)Oc2ccc(C)cc2)cc1. The number of carbonyl (C=O) groups excluding carboxylic acids is 1. The number of hydrogen-bond donors (Lipinski definition) is 1. The van der Waals surface area contributed by atoms with Crippen LogP contribution in [0.25, 0.3) is 0 Å². The minimum absolute atomic E-state index is 0.142. The molecule has 1 amide bonds. The summed E-state index contributed by atoms with van der Waals surface area (Å²) in [5.41, 5.74) is 2.17. The van der Waals surface area contributed by atoms with E-state index in [0.29, 0.717) is 12.3 Å². The Bertz CT molecular complexity index is 605. The van der Waals surface area contributed by atoms with Crippen LogP contribution in [0.4, 0.5) is 0 Å². The van der Waals surface area contributed by atoms with Crippen LogP contribution in [0.15, 0.2) is 48.5 Å². The number of amides is 1. The number of hydrogen-bond acceptors (Lipinski definition) is 3. The monoisotopic (exact) mass is 299 g/mol. The quantitative estimate of drug-likeness (QED) is 0.891. The van der Waals surface area contributed by atoms with E-state index in [1.54, 1.807) is 14.0 Å². The third-order valence-corrected chi connectivity index (χ3v) is 3.33. The number of carbonyl (C=O) groups is 1. The zero-order chi connectivity index (χ0) is 15.9. The van der Waals surface area contributed by atoms with Gasteiger partial charge < -0.3 is 14.8 Å². The summed E-state index contributed by atoms with van der Waals surface area (Å²) in [5, 5.41) is 2.86. The Morgan fingerprint density at radius 3 is 2.23 bits per heavy atom.